The second-order valence-corrected chi connectivity index (χ2v) is 6.33. The molecule has 0 spiro atoms. The van der Waals surface area contributed by atoms with Crippen molar-refractivity contribution in [3.05, 3.63) is 33.9 Å². The highest BCUT2D eigenvalue weighted by Crippen LogP contribution is 2.07. The summed E-state index contributed by atoms with van der Waals surface area (Å²) in [7, 11) is 1.74. The Labute approximate surface area is 135 Å². The molecule has 1 unspecified atom stereocenters. The monoisotopic (exact) mass is 319 g/mol. The first kappa shape index (κ1) is 17.2. The molecule has 23 heavy (non-hydrogen) atoms. The fourth-order valence-corrected chi connectivity index (χ4v) is 2.40. The second kappa shape index (κ2) is 6.95. The summed E-state index contributed by atoms with van der Waals surface area (Å²) < 4.78 is 1.35. The molecule has 2 heterocycles. The molecule has 126 valence electrons. The number of nitrogens with two attached hydrogens (primary N) is 1. The minimum atomic E-state index is -0.224. The van der Waals surface area contributed by atoms with E-state index < -0.39 is 0 Å². The third-order valence-corrected chi connectivity index (χ3v) is 4.25. The lowest BCUT2D eigenvalue weighted by atomic mass is 10.0. The zero-order valence-corrected chi connectivity index (χ0v) is 14.2. The van der Waals surface area contributed by atoms with Crippen molar-refractivity contribution in [2.75, 3.05) is 13.6 Å². The number of likely N-dealkylation sites (N-methyl/N-ethyl adjacent to an activating group) is 1. The number of nitrogens with one attached hydrogen (secondary N) is 1. The van der Waals surface area contributed by atoms with Gasteiger partial charge in [0.1, 0.15) is 0 Å². The summed E-state index contributed by atoms with van der Waals surface area (Å²) in [4.78, 5) is 30.8. The Balaban J connectivity index is 2.09. The zero-order valence-electron chi connectivity index (χ0n) is 14.2. The van der Waals surface area contributed by atoms with E-state index in [1.807, 2.05) is 0 Å². The van der Waals surface area contributed by atoms with E-state index >= 15 is 0 Å². The van der Waals surface area contributed by atoms with Crippen LogP contribution in [0.3, 0.4) is 0 Å². The summed E-state index contributed by atoms with van der Waals surface area (Å²) in [6.07, 6.45) is 2.44. The van der Waals surface area contributed by atoms with Crippen LogP contribution in [0.5, 0.6) is 0 Å². The molecule has 7 nitrogen and oxygen atoms in total. The molecular formula is C16H25N5O2. The molecule has 0 saturated carbocycles. The average molecular weight is 319 g/mol. The third-order valence-electron chi connectivity index (χ3n) is 4.25. The second-order valence-electron chi connectivity index (χ2n) is 6.33. The molecule has 0 aliphatic rings. The van der Waals surface area contributed by atoms with E-state index in [-0.39, 0.29) is 23.9 Å². The molecule has 0 aliphatic carbocycles. The van der Waals surface area contributed by atoms with Crippen molar-refractivity contribution in [3.8, 4) is 0 Å². The van der Waals surface area contributed by atoms with Crippen molar-refractivity contribution in [3.63, 3.8) is 0 Å². The van der Waals surface area contributed by atoms with Crippen molar-refractivity contribution in [2.45, 2.75) is 39.7 Å². The highest BCUT2D eigenvalue weighted by molar-refractivity contribution is 5.78. The van der Waals surface area contributed by atoms with Crippen LogP contribution >= 0.6 is 0 Å². The highest BCUT2D eigenvalue weighted by Gasteiger charge is 2.18. The smallest absolute Gasteiger partial charge is 0.276 e. The summed E-state index contributed by atoms with van der Waals surface area (Å²) in [5, 5.41) is 2.81. The maximum Gasteiger partial charge on any atom is 0.276 e. The van der Waals surface area contributed by atoms with Gasteiger partial charge < -0.3 is 10.6 Å². The molecular weight excluding hydrogens is 294 g/mol. The van der Waals surface area contributed by atoms with E-state index in [0.29, 0.717) is 29.4 Å². The van der Waals surface area contributed by atoms with E-state index in [0.717, 1.165) is 6.42 Å². The van der Waals surface area contributed by atoms with E-state index in [4.69, 9.17) is 5.73 Å². The number of nitrogens with zero attached hydrogens (tertiary/aromatic N) is 3. The molecule has 0 fully saturated rings. The summed E-state index contributed by atoms with van der Waals surface area (Å²) in [6, 6.07) is 1.79. The molecule has 2 aromatic rings. The lowest BCUT2D eigenvalue weighted by Gasteiger charge is -2.21. The van der Waals surface area contributed by atoms with Gasteiger partial charge in [0.05, 0.1) is 6.42 Å². The molecule has 0 aromatic carbocycles. The maximum atomic E-state index is 12.4. The van der Waals surface area contributed by atoms with Crippen molar-refractivity contribution >= 4 is 11.6 Å². The van der Waals surface area contributed by atoms with Crippen LogP contribution in [0, 0.1) is 12.8 Å². The van der Waals surface area contributed by atoms with Gasteiger partial charge in [-0.05, 0) is 19.3 Å². The Bertz CT molecular complexity index is 746. The molecule has 1 atom stereocenters. The number of rotatable bonds is 6. The molecule has 1 amide bonds. The molecule has 7 heteroatoms. The van der Waals surface area contributed by atoms with Crippen LogP contribution < -0.4 is 11.3 Å². The predicted octanol–water partition coefficient (Wildman–Crippen LogP) is 0.705. The van der Waals surface area contributed by atoms with Gasteiger partial charge >= 0.3 is 0 Å². The number of fused-ring (bicyclic) bond motifs is 1. The highest BCUT2D eigenvalue weighted by atomic mass is 16.2. The van der Waals surface area contributed by atoms with E-state index in [1.165, 1.54) is 4.52 Å². The Morgan fingerprint density at radius 1 is 1.48 bits per heavy atom. The molecule has 3 N–H and O–H groups in total. The first-order valence-corrected chi connectivity index (χ1v) is 7.86. The minimum Gasteiger partial charge on any atom is -0.345 e. The Kier molecular flexibility index (Phi) is 5.20. The number of hydrogen-bond acceptors (Lipinski definition) is 4. The van der Waals surface area contributed by atoms with Crippen molar-refractivity contribution in [1.29, 1.82) is 0 Å². The fourth-order valence-electron chi connectivity index (χ4n) is 2.40. The summed E-state index contributed by atoms with van der Waals surface area (Å²) in [5.41, 5.74) is 7.36. The molecule has 0 aliphatic heterocycles. The van der Waals surface area contributed by atoms with E-state index in [9.17, 15) is 9.59 Å². The van der Waals surface area contributed by atoms with Crippen LogP contribution in [0.15, 0.2) is 17.1 Å². The number of aryl methyl sites for hydroxylation is 1. The fraction of sp³-hybridized carbons (Fsp3) is 0.562. The maximum absolute atomic E-state index is 12.4. The Hall–Kier alpha value is -2.15. The van der Waals surface area contributed by atoms with Crippen molar-refractivity contribution in [1.82, 2.24) is 19.5 Å². The van der Waals surface area contributed by atoms with Gasteiger partial charge in [-0.25, -0.2) is 9.50 Å². The number of hydrogen-bond donors (Lipinski definition) is 2. The van der Waals surface area contributed by atoms with Gasteiger partial charge in [0.2, 0.25) is 5.91 Å². The topological polar surface area (TPSA) is 96.5 Å². The molecule has 0 radical (unpaired) electrons. The summed E-state index contributed by atoms with van der Waals surface area (Å²) >= 11 is 0. The lowest BCUT2D eigenvalue weighted by molar-refractivity contribution is -0.129. The van der Waals surface area contributed by atoms with Gasteiger partial charge in [-0.2, -0.15) is 0 Å². The molecule has 2 rings (SSSR count). The molecule has 0 saturated heterocycles. The van der Waals surface area contributed by atoms with Crippen molar-refractivity contribution in [2.24, 2.45) is 11.7 Å². The lowest BCUT2D eigenvalue weighted by Crippen LogP contribution is -2.36. The van der Waals surface area contributed by atoms with Crippen LogP contribution in [-0.4, -0.2) is 45.0 Å². The number of aromatic amines is 1. The SMILES string of the molecule is Cc1nc2cc[nH]n2c(=O)c1CC(=O)N(C)CCC(N)C(C)C. The normalized spacial score (nSPS) is 12.8. The number of carbonyl (C=O) groups excluding carboxylic acids is 1. The van der Waals surface area contributed by atoms with Crippen LogP contribution in [0.25, 0.3) is 5.65 Å². The van der Waals surface area contributed by atoms with Gasteiger partial charge in [0.25, 0.3) is 5.56 Å². The third kappa shape index (κ3) is 3.79. The number of aromatic nitrogens is 3. The minimum absolute atomic E-state index is 0.0487. The predicted molar refractivity (Wildman–Crippen MR) is 89.3 cm³/mol. The Morgan fingerprint density at radius 2 is 2.17 bits per heavy atom. The molecule has 2 aromatic heterocycles. The van der Waals surface area contributed by atoms with Gasteiger partial charge in [0.15, 0.2) is 5.65 Å². The van der Waals surface area contributed by atoms with Crippen molar-refractivity contribution < 1.29 is 4.79 Å². The largest absolute Gasteiger partial charge is 0.345 e. The van der Waals surface area contributed by atoms with E-state index in [1.54, 1.807) is 31.1 Å². The van der Waals surface area contributed by atoms with Gasteiger partial charge in [-0.3, -0.25) is 14.7 Å². The van der Waals surface area contributed by atoms with Gasteiger partial charge in [-0.1, -0.05) is 13.8 Å². The van der Waals surface area contributed by atoms with Gasteiger partial charge in [0, 0.05) is 43.2 Å². The number of H-pyrrole nitrogens is 1. The molecule has 0 bridgehead atoms. The summed E-state index contributed by atoms with van der Waals surface area (Å²) in [5.74, 6) is 0.277. The van der Waals surface area contributed by atoms with Crippen LogP contribution in [0.2, 0.25) is 0 Å². The average Bonchev–Trinajstić information content (AvgIpc) is 2.96. The number of carbonyl (C=O) groups is 1. The van der Waals surface area contributed by atoms with E-state index in [2.05, 4.69) is 23.9 Å². The first-order valence-electron chi connectivity index (χ1n) is 7.86. The Morgan fingerprint density at radius 3 is 2.83 bits per heavy atom. The first-order chi connectivity index (χ1) is 10.8. The standard InChI is InChI=1S/C16H25N5O2/c1-10(2)13(17)6-8-20(4)15(22)9-12-11(3)19-14-5-7-18-21(14)16(12)23/h5,7,10,13,18H,6,8-9,17H2,1-4H3. The van der Waals surface area contributed by atoms with Gasteiger partial charge in [-0.15, -0.1) is 0 Å². The summed E-state index contributed by atoms with van der Waals surface area (Å²) in [6.45, 7) is 6.46. The number of amides is 1. The van der Waals surface area contributed by atoms with Crippen LogP contribution in [-0.2, 0) is 11.2 Å². The van der Waals surface area contributed by atoms with Crippen LogP contribution in [0.4, 0.5) is 0 Å². The van der Waals surface area contributed by atoms with Crippen LogP contribution in [0.1, 0.15) is 31.5 Å². The quantitative estimate of drug-likeness (QED) is 0.819. The zero-order chi connectivity index (χ0) is 17.1.